The minimum atomic E-state index is -0.355. The second-order valence-corrected chi connectivity index (χ2v) is 7.21. The van der Waals surface area contributed by atoms with Crippen molar-refractivity contribution in [2.75, 3.05) is 12.4 Å². The van der Waals surface area contributed by atoms with E-state index in [-0.39, 0.29) is 5.82 Å². The number of nitrogens with one attached hydrogen (secondary N) is 1. The monoisotopic (exact) mass is 422 g/mol. The van der Waals surface area contributed by atoms with E-state index >= 15 is 0 Å². The summed E-state index contributed by atoms with van der Waals surface area (Å²) in [7, 11) is 1.64. The highest BCUT2D eigenvalue weighted by atomic mass is 19.1. The average molecular weight is 422 g/mol. The SMILES string of the molecule is COc1cccc(-c2ccc3nc(-c4cccnc4)nc(Nc4ccccc4F)c3c2)c1. The van der Waals surface area contributed by atoms with Crippen molar-refractivity contribution in [3.8, 4) is 28.3 Å². The molecule has 2 aromatic heterocycles. The van der Waals surface area contributed by atoms with Gasteiger partial charge in [-0.2, -0.15) is 0 Å². The lowest BCUT2D eigenvalue weighted by molar-refractivity contribution is 0.415. The average Bonchev–Trinajstić information content (AvgIpc) is 2.85. The summed E-state index contributed by atoms with van der Waals surface area (Å²) in [6.07, 6.45) is 3.40. The molecule has 0 amide bonds. The number of anilines is 2. The Kier molecular flexibility index (Phi) is 5.17. The van der Waals surface area contributed by atoms with Crippen molar-refractivity contribution < 1.29 is 9.13 Å². The van der Waals surface area contributed by atoms with Crippen molar-refractivity contribution in [2.24, 2.45) is 0 Å². The van der Waals surface area contributed by atoms with Crippen LogP contribution < -0.4 is 10.1 Å². The molecular formula is C26H19FN4O. The van der Waals surface area contributed by atoms with Gasteiger partial charge in [0.25, 0.3) is 0 Å². The molecule has 0 aliphatic heterocycles. The number of hydrogen-bond acceptors (Lipinski definition) is 5. The summed E-state index contributed by atoms with van der Waals surface area (Å²) < 4.78 is 19.8. The molecule has 32 heavy (non-hydrogen) atoms. The molecule has 2 heterocycles. The van der Waals surface area contributed by atoms with Gasteiger partial charge in [0.2, 0.25) is 0 Å². The van der Waals surface area contributed by atoms with Gasteiger partial charge in [-0.05, 0) is 59.7 Å². The Bertz CT molecular complexity index is 1410. The second kappa shape index (κ2) is 8.43. The highest BCUT2D eigenvalue weighted by Crippen LogP contribution is 2.32. The number of benzene rings is 3. The molecule has 0 saturated heterocycles. The zero-order chi connectivity index (χ0) is 21.9. The van der Waals surface area contributed by atoms with Crippen molar-refractivity contribution >= 4 is 22.4 Å². The lowest BCUT2D eigenvalue weighted by Crippen LogP contribution is -2.01. The van der Waals surface area contributed by atoms with Gasteiger partial charge in [0.1, 0.15) is 17.4 Å². The summed E-state index contributed by atoms with van der Waals surface area (Å²) in [4.78, 5) is 13.6. The first kappa shape index (κ1) is 19.6. The lowest BCUT2D eigenvalue weighted by atomic mass is 10.0. The molecule has 0 aliphatic carbocycles. The second-order valence-electron chi connectivity index (χ2n) is 7.21. The summed E-state index contributed by atoms with van der Waals surface area (Å²) in [6.45, 7) is 0. The molecule has 5 aromatic rings. The van der Waals surface area contributed by atoms with E-state index in [0.29, 0.717) is 17.3 Å². The molecule has 0 aliphatic rings. The zero-order valence-electron chi connectivity index (χ0n) is 17.3. The normalized spacial score (nSPS) is 10.8. The maximum absolute atomic E-state index is 14.4. The van der Waals surface area contributed by atoms with Crippen LogP contribution in [0.3, 0.4) is 0 Å². The minimum absolute atomic E-state index is 0.344. The third-order valence-corrected chi connectivity index (χ3v) is 5.15. The number of hydrogen-bond donors (Lipinski definition) is 1. The van der Waals surface area contributed by atoms with Gasteiger partial charge in [-0.3, -0.25) is 4.98 Å². The molecule has 5 rings (SSSR count). The van der Waals surface area contributed by atoms with Crippen LogP contribution in [0.4, 0.5) is 15.9 Å². The lowest BCUT2D eigenvalue weighted by Gasteiger charge is -2.13. The number of fused-ring (bicyclic) bond motifs is 1. The predicted octanol–water partition coefficient (Wildman–Crippen LogP) is 6.25. The molecule has 0 radical (unpaired) electrons. The van der Waals surface area contributed by atoms with Crippen LogP contribution in [0.5, 0.6) is 5.75 Å². The van der Waals surface area contributed by atoms with Gasteiger partial charge in [0, 0.05) is 23.3 Å². The largest absolute Gasteiger partial charge is 0.497 e. The third kappa shape index (κ3) is 3.86. The predicted molar refractivity (Wildman–Crippen MR) is 124 cm³/mol. The molecule has 0 atom stereocenters. The van der Waals surface area contributed by atoms with Crippen molar-refractivity contribution in [3.05, 3.63) is 97.1 Å². The molecule has 0 bridgehead atoms. The summed E-state index contributed by atoms with van der Waals surface area (Å²) >= 11 is 0. The number of para-hydroxylation sites is 1. The number of rotatable bonds is 5. The Morgan fingerprint density at radius 1 is 0.812 bits per heavy atom. The van der Waals surface area contributed by atoms with Crippen LogP contribution in [0.25, 0.3) is 33.4 Å². The number of nitrogens with zero attached hydrogens (tertiary/aromatic N) is 3. The van der Waals surface area contributed by atoms with E-state index in [2.05, 4.69) is 10.3 Å². The number of ether oxygens (including phenoxy) is 1. The van der Waals surface area contributed by atoms with Gasteiger partial charge < -0.3 is 10.1 Å². The molecule has 5 nitrogen and oxygen atoms in total. The number of aromatic nitrogens is 3. The van der Waals surface area contributed by atoms with Crippen molar-refractivity contribution in [3.63, 3.8) is 0 Å². The highest BCUT2D eigenvalue weighted by Gasteiger charge is 2.13. The fourth-order valence-electron chi connectivity index (χ4n) is 3.52. The highest BCUT2D eigenvalue weighted by molar-refractivity contribution is 5.95. The van der Waals surface area contributed by atoms with Crippen LogP contribution in [-0.4, -0.2) is 22.1 Å². The standard InChI is InChI=1S/C26H19FN4O/c1-32-20-8-4-6-17(14-20)18-11-12-23-21(15-18)26(30-24-10-3-2-9-22(24)27)31-25(29-23)19-7-5-13-28-16-19/h2-16H,1H3,(H,29,30,31). The third-order valence-electron chi connectivity index (χ3n) is 5.15. The van der Waals surface area contributed by atoms with Crippen LogP contribution in [0, 0.1) is 5.82 Å². The van der Waals surface area contributed by atoms with Gasteiger partial charge in [-0.15, -0.1) is 0 Å². The maximum atomic E-state index is 14.4. The molecule has 6 heteroatoms. The van der Waals surface area contributed by atoms with Crippen molar-refractivity contribution in [1.82, 2.24) is 15.0 Å². The van der Waals surface area contributed by atoms with Crippen molar-refractivity contribution in [1.29, 1.82) is 0 Å². The van der Waals surface area contributed by atoms with Gasteiger partial charge in [0.05, 0.1) is 18.3 Å². The molecule has 1 N–H and O–H groups in total. The Morgan fingerprint density at radius 2 is 1.66 bits per heavy atom. The molecule has 0 unspecified atom stereocenters. The van der Waals surface area contributed by atoms with E-state index < -0.39 is 0 Å². The fraction of sp³-hybridized carbons (Fsp3) is 0.0385. The van der Waals surface area contributed by atoms with Gasteiger partial charge in [-0.1, -0.05) is 30.3 Å². The maximum Gasteiger partial charge on any atom is 0.163 e. The van der Waals surface area contributed by atoms with E-state index in [1.165, 1.54) is 6.07 Å². The van der Waals surface area contributed by atoms with E-state index in [1.807, 2.05) is 54.6 Å². The first-order valence-electron chi connectivity index (χ1n) is 10.1. The van der Waals surface area contributed by atoms with E-state index in [9.17, 15) is 4.39 Å². The number of halogens is 1. The van der Waals surface area contributed by atoms with Gasteiger partial charge in [-0.25, -0.2) is 14.4 Å². The van der Waals surface area contributed by atoms with E-state index in [0.717, 1.165) is 33.3 Å². The molecule has 3 aromatic carbocycles. The Labute approximate surface area is 184 Å². The number of methoxy groups -OCH3 is 1. The molecule has 0 fully saturated rings. The first-order valence-corrected chi connectivity index (χ1v) is 10.1. The first-order chi connectivity index (χ1) is 15.7. The fourth-order valence-corrected chi connectivity index (χ4v) is 3.52. The van der Waals surface area contributed by atoms with E-state index in [4.69, 9.17) is 14.7 Å². The van der Waals surface area contributed by atoms with Crippen molar-refractivity contribution in [2.45, 2.75) is 0 Å². The molecule has 0 spiro atoms. The van der Waals surface area contributed by atoms with Crippen LogP contribution in [-0.2, 0) is 0 Å². The van der Waals surface area contributed by atoms with Gasteiger partial charge in [0.15, 0.2) is 5.82 Å². The molecule has 156 valence electrons. The minimum Gasteiger partial charge on any atom is -0.497 e. The zero-order valence-corrected chi connectivity index (χ0v) is 17.3. The summed E-state index contributed by atoms with van der Waals surface area (Å²) in [5, 5.41) is 3.93. The Morgan fingerprint density at radius 3 is 2.47 bits per heavy atom. The van der Waals surface area contributed by atoms with Crippen LogP contribution in [0.15, 0.2) is 91.3 Å². The van der Waals surface area contributed by atoms with Gasteiger partial charge >= 0.3 is 0 Å². The molecular weight excluding hydrogens is 403 g/mol. The smallest absolute Gasteiger partial charge is 0.163 e. The summed E-state index contributed by atoms with van der Waals surface area (Å²) in [6, 6.07) is 24.0. The Hall–Kier alpha value is -4.32. The summed E-state index contributed by atoms with van der Waals surface area (Å²) in [5.74, 6) is 1.45. The van der Waals surface area contributed by atoms with E-state index in [1.54, 1.807) is 37.7 Å². The quantitative estimate of drug-likeness (QED) is 0.363. The summed E-state index contributed by atoms with van der Waals surface area (Å²) in [5.41, 5.74) is 3.84. The van der Waals surface area contributed by atoms with Crippen LogP contribution in [0.1, 0.15) is 0 Å². The molecule has 0 saturated carbocycles. The van der Waals surface area contributed by atoms with Crippen LogP contribution >= 0.6 is 0 Å². The van der Waals surface area contributed by atoms with Crippen LogP contribution in [0.2, 0.25) is 0 Å². The topological polar surface area (TPSA) is 59.9 Å². The Balaban J connectivity index is 1.69. The number of pyridine rings is 1.